The van der Waals surface area contributed by atoms with Gasteiger partial charge in [0.15, 0.2) is 0 Å². The van der Waals surface area contributed by atoms with Crippen LogP contribution in [0.5, 0.6) is 0 Å². The Morgan fingerprint density at radius 2 is 1.75 bits per heavy atom. The maximum Gasteiger partial charge on any atom is 0.243 e. The highest BCUT2D eigenvalue weighted by Crippen LogP contribution is 2.33. The Kier molecular flexibility index (Phi) is 4.84. The van der Waals surface area contributed by atoms with Crippen molar-refractivity contribution in [3.63, 3.8) is 0 Å². The molecular formula is C13H18Cl2N2O2S. The number of rotatable bonds is 3. The second-order valence-corrected chi connectivity index (χ2v) is 7.77. The van der Waals surface area contributed by atoms with E-state index in [2.05, 4.69) is 11.6 Å². The fourth-order valence-corrected chi connectivity index (χ4v) is 5.20. The number of hydrogen-bond acceptors (Lipinski definition) is 3. The number of nitrogens with one attached hydrogen (secondary N) is 1. The van der Waals surface area contributed by atoms with E-state index in [4.69, 9.17) is 28.9 Å². The number of hydrogen-bond donors (Lipinski definition) is 2. The Balaban J connectivity index is 2.31. The second kappa shape index (κ2) is 6.10. The van der Waals surface area contributed by atoms with Crippen molar-refractivity contribution in [1.82, 2.24) is 4.72 Å². The minimum atomic E-state index is -3.74. The van der Waals surface area contributed by atoms with Crippen molar-refractivity contribution in [2.24, 2.45) is 5.92 Å². The third kappa shape index (κ3) is 3.39. The first-order chi connectivity index (χ1) is 9.31. The van der Waals surface area contributed by atoms with Crippen LogP contribution in [-0.2, 0) is 10.0 Å². The third-order valence-electron chi connectivity index (χ3n) is 3.71. The topological polar surface area (TPSA) is 72.2 Å². The van der Waals surface area contributed by atoms with Crippen molar-refractivity contribution >= 4 is 38.9 Å². The molecule has 0 amide bonds. The fourth-order valence-electron chi connectivity index (χ4n) is 2.59. The van der Waals surface area contributed by atoms with Crippen molar-refractivity contribution < 1.29 is 8.42 Å². The van der Waals surface area contributed by atoms with Gasteiger partial charge in [-0.25, -0.2) is 13.1 Å². The molecule has 2 atom stereocenters. The highest BCUT2D eigenvalue weighted by atomic mass is 35.5. The zero-order valence-electron chi connectivity index (χ0n) is 11.2. The normalized spacial score (nSPS) is 23.8. The van der Waals surface area contributed by atoms with Crippen molar-refractivity contribution in [1.29, 1.82) is 0 Å². The van der Waals surface area contributed by atoms with E-state index >= 15 is 0 Å². The summed E-state index contributed by atoms with van der Waals surface area (Å²) in [5.74, 6) is 0.310. The zero-order valence-corrected chi connectivity index (χ0v) is 13.5. The quantitative estimate of drug-likeness (QED) is 0.830. The van der Waals surface area contributed by atoms with Crippen molar-refractivity contribution in [3.8, 4) is 0 Å². The lowest BCUT2D eigenvalue weighted by atomic mass is 9.87. The lowest BCUT2D eigenvalue weighted by molar-refractivity contribution is 0.310. The van der Waals surface area contributed by atoms with Crippen LogP contribution in [0.1, 0.15) is 32.6 Å². The molecule has 0 radical (unpaired) electrons. The summed E-state index contributed by atoms with van der Waals surface area (Å²) in [6, 6.07) is 2.72. The monoisotopic (exact) mass is 336 g/mol. The summed E-state index contributed by atoms with van der Waals surface area (Å²) in [4.78, 5) is -0.0900. The van der Waals surface area contributed by atoms with Gasteiger partial charge in [0, 0.05) is 11.7 Å². The van der Waals surface area contributed by atoms with E-state index in [0.717, 1.165) is 25.7 Å². The van der Waals surface area contributed by atoms with Crippen molar-refractivity contribution in [3.05, 3.63) is 22.2 Å². The molecule has 1 aliphatic carbocycles. The number of nitrogen functional groups attached to an aromatic ring is 1. The second-order valence-electron chi connectivity index (χ2n) is 5.30. The van der Waals surface area contributed by atoms with Crippen LogP contribution in [0.15, 0.2) is 17.0 Å². The molecule has 2 rings (SSSR count). The summed E-state index contributed by atoms with van der Waals surface area (Å²) in [6.07, 6.45) is 4.03. The van der Waals surface area contributed by atoms with Crippen LogP contribution >= 0.6 is 23.2 Å². The fraction of sp³-hybridized carbons (Fsp3) is 0.538. The number of anilines is 1. The van der Waals surface area contributed by atoms with Crippen LogP contribution in [0, 0.1) is 5.92 Å². The van der Waals surface area contributed by atoms with E-state index < -0.39 is 10.0 Å². The zero-order chi connectivity index (χ0) is 14.9. The van der Waals surface area contributed by atoms with E-state index in [-0.39, 0.29) is 21.0 Å². The Bertz CT molecular complexity index is 581. The molecule has 112 valence electrons. The average molecular weight is 337 g/mol. The van der Waals surface area contributed by atoms with Gasteiger partial charge in [0.2, 0.25) is 10.0 Å². The molecule has 3 N–H and O–H groups in total. The Hall–Kier alpha value is -0.490. The molecular weight excluding hydrogens is 319 g/mol. The first-order valence-electron chi connectivity index (χ1n) is 6.58. The van der Waals surface area contributed by atoms with Gasteiger partial charge in [0.05, 0.1) is 10.0 Å². The average Bonchev–Trinajstić information content (AvgIpc) is 2.30. The molecule has 0 bridgehead atoms. The lowest BCUT2D eigenvalue weighted by Gasteiger charge is -2.29. The molecule has 7 heteroatoms. The summed E-state index contributed by atoms with van der Waals surface area (Å²) in [6.45, 7) is 2.05. The van der Waals surface area contributed by atoms with Crippen LogP contribution < -0.4 is 10.5 Å². The minimum Gasteiger partial charge on any atom is -0.399 e. The standard InChI is InChI=1S/C13H18Cl2N2O2S/c1-8-4-2-3-5-12(8)17-20(18,19)13-10(14)6-9(16)7-11(13)15/h6-8,12,17H,2-5,16H2,1H3. The summed E-state index contributed by atoms with van der Waals surface area (Å²) in [5, 5.41) is 0.0944. The molecule has 1 aliphatic rings. The number of nitrogens with two attached hydrogens (primary N) is 1. The largest absolute Gasteiger partial charge is 0.399 e. The third-order valence-corrected chi connectivity index (χ3v) is 6.12. The van der Waals surface area contributed by atoms with E-state index in [0.29, 0.717) is 11.6 Å². The minimum absolute atomic E-state index is 0.0472. The molecule has 1 saturated carbocycles. The number of sulfonamides is 1. The van der Waals surface area contributed by atoms with Gasteiger partial charge in [-0.1, -0.05) is 43.0 Å². The SMILES string of the molecule is CC1CCCCC1NS(=O)(=O)c1c(Cl)cc(N)cc1Cl. The molecule has 0 saturated heterocycles. The number of halogens is 2. The maximum absolute atomic E-state index is 12.5. The highest BCUT2D eigenvalue weighted by Gasteiger charge is 2.29. The summed E-state index contributed by atoms with van der Waals surface area (Å²) >= 11 is 12.0. The Morgan fingerprint density at radius 3 is 2.30 bits per heavy atom. The molecule has 0 aliphatic heterocycles. The number of benzene rings is 1. The Labute approximate surface area is 129 Å². The van der Waals surface area contributed by atoms with Crippen LogP contribution in [-0.4, -0.2) is 14.5 Å². The first-order valence-corrected chi connectivity index (χ1v) is 8.82. The molecule has 1 aromatic rings. The maximum atomic E-state index is 12.5. The van der Waals surface area contributed by atoms with Crippen LogP contribution in [0.2, 0.25) is 10.0 Å². The molecule has 0 spiro atoms. The molecule has 1 fully saturated rings. The van der Waals surface area contributed by atoms with Gasteiger partial charge in [0.1, 0.15) is 4.90 Å². The summed E-state index contributed by atoms with van der Waals surface area (Å²) in [5.41, 5.74) is 5.93. The highest BCUT2D eigenvalue weighted by molar-refractivity contribution is 7.89. The molecule has 4 nitrogen and oxygen atoms in total. The van der Waals surface area contributed by atoms with Crippen LogP contribution in [0.3, 0.4) is 0 Å². The molecule has 1 aromatic carbocycles. The lowest BCUT2D eigenvalue weighted by Crippen LogP contribution is -2.41. The van der Waals surface area contributed by atoms with Gasteiger partial charge < -0.3 is 5.73 Å². The van der Waals surface area contributed by atoms with Gasteiger partial charge in [-0.05, 0) is 30.9 Å². The summed E-state index contributed by atoms with van der Waals surface area (Å²) in [7, 11) is -3.74. The molecule has 0 aromatic heterocycles. The molecule has 0 heterocycles. The molecule has 2 unspecified atom stereocenters. The van der Waals surface area contributed by atoms with Crippen LogP contribution in [0.25, 0.3) is 0 Å². The van der Waals surface area contributed by atoms with Gasteiger partial charge in [0.25, 0.3) is 0 Å². The van der Waals surface area contributed by atoms with Gasteiger partial charge in [-0.3, -0.25) is 0 Å². The van der Waals surface area contributed by atoms with E-state index in [1.807, 2.05) is 0 Å². The van der Waals surface area contributed by atoms with E-state index in [9.17, 15) is 8.42 Å². The van der Waals surface area contributed by atoms with Crippen molar-refractivity contribution in [2.75, 3.05) is 5.73 Å². The summed E-state index contributed by atoms with van der Waals surface area (Å²) < 4.78 is 27.7. The first kappa shape index (κ1) is 15.9. The van der Waals surface area contributed by atoms with E-state index in [1.165, 1.54) is 12.1 Å². The van der Waals surface area contributed by atoms with Gasteiger partial charge in [-0.15, -0.1) is 0 Å². The van der Waals surface area contributed by atoms with Crippen molar-refractivity contribution in [2.45, 2.75) is 43.5 Å². The predicted octanol–water partition coefficient (Wildman–Crippen LogP) is 3.43. The van der Waals surface area contributed by atoms with Gasteiger partial charge >= 0.3 is 0 Å². The predicted molar refractivity (Wildman–Crippen MR) is 82.6 cm³/mol. The smallest absolute Gasteiger partial charge is 0.243 e. The molecule has 20 heavy (non-hydrogen) atoms. The van der Waals surface area contributed by atoms with Gasteiger partial charge in [-0.2, -0.15) is 0 Å². The Morgan fingerprint density at radius 1 is 1.20 bits per heavy atom. The van der Waals surface area contributed by atoms with E-state index in [1.54, 1.807) is 0 Å². The van der Waals surface area contributed by atoms with Crippen LogP contribution in [0.4, 0.5) is 5.69 Å².